The normalized spacial score (nSPS) is 15.1. The number of nitrogens with zero attached hydrogens (tertiary/aromatic N) is 5. The minimum atomic E-state index is 0.875. The molecule has 6 heteroatoms. The summed E-state index contributed by atoms with van der Waals surface area (Å²) < 4.78 is 2.24. The van der Waals surface area contributed by atoms with Gasteiger partial charge < -0.3 is 4.90 Å². The topological polar surface area (TPSA) is 37.2 Å². The fraction of sp³-hybridized carbons (Fsp3) is 0.529. The molecule has 1 aromatic carbocycles. The number of rotatable bonds is 6. The largest absolute Gasteiger partial charge is 0.303 e. The van der Waals surface area contributed by atoms with Crippen LogP contribution in [0.3, 0.4) is 0 Å². The van der Waals surface area contributed by atoms with Gasteiger partial charge in [0.05, 0.1) is 12.5 Å². The van der Waals surface area contributed by atoms with E-state index in [4.69, 9.17) is 0 Å². The standard InChI is InChI=1S/C17H25N5S/c1-4-20(5-2)9-10-21-12-22-16(18-19-17(22)23-13-21)15-8-6-7-14(3)11-15/h6-8,11H,4-5,9-10,12-13H2,1-3H3. The smallest absolute Gasteiger partial charge is 0.193 e. The molecule has 0 radical (unpaired) electrons. The van der Waals surface area contributed by atoms with Gasteiger partial charge in [0.15, 0.2) is 11.0 Å². The van der Waals surface area contributed by atoms with Gasteiger partial charge in [-0.1, -0.05) is 49.4 Å². The average Bonchev–Trinajstić information content (AvgIpc) is 2.99. The molecule has 124 valence electrons. The zero-order chi connectivity index (χ0) is 16.2. The van der Waals surface area contributed by atoms with Crippen LogP contribution >= 0.6 is 11.8 Å². The highest BCUT2D eigenvalue weighted by Gasteiger charge is 2.22. The van der Waals surface area contributed by atoms with Crippen LogP contribution in [-0.2, 0) is 6.67 Å². The van der Waals surface area contributed by atoms with E-state index in [9.17, 15) is 0 Å². The maximum atomic E-state index is 4.43. The first kappa shape index (κ1) is 16.5. The SMILES string of the molecule is CCN(CC)CCN1CSc2nnc(-c3cccc(C)c3)n2C1. The van der Waals surface area contributed by atoms with Crippen molar-refractivity contribution in [3.8, 4) is 11.4 Å². The summed E-state index contributed by atoms with van der Waals surface area (Å²) in [5, 5.41) is 9.82. The van der Waals surface area contributed by atoms with Crippen LogP contribution in [0.15, 0.2) is 29.4 Å². The molecule has 23 heavy (non-hydrogen) atoms. The first-order valence-corrected chi connectivity index (χ1v) is 9.27. The minimum Gasteiger partial charge on any atom is -0.303 e. The van der Waals surface area contributed by atoms with Crippen LogP contribution in [0.1, 0.15) is 19.4 Å². The lowest BCUT2D eigenvalue weighted by molar-refractivity contribution is 0.195. The highest BCUT2D eigenvalue weighted by molar-refractivity contribution is 7.99. The second-order valence-corrected chi connectivity index (χ2v) is 6.85. The van der Waals surface area contributed by atoms with E-state index in [1.54, 1.807) is 11.8 Å². The van der Waals surface area contributed by atoms with Crippen LogP contribution in [0.2, 0.25) is 0 Å². The number of benzene rings is 1. The highest BCUT2D eigenvalue weighted by Crippen LogP contribution is 2.28. The lowest BCUT2D eigenvalue weighted by Crippen LogP contribution is -2.37. The minimum absolute atomic E-state index is 0.875. The molecular weight excluding hydrogens is 306 g/mol. The zero-order valence-electron chi connectivity index (χ0n) is 14.2. The van der Waals surface area contributed by atoms with Crippen molar-refractivity contribution >= 4 is 11.8 Å². The third-order valence-corrected chi connectivity index (χ3v) is 5.39. The van der Waals surface area contributed by atoms with Gasteiger partial charge in [-0.15, -0.1) is 10.2 Å². The number of aryl methyl sites for hydroxylation is 1. The molecule has 2 heterocycles. The maximum Gasteiger partial charge on any atom is 0.193 e. The Labute approximate surface area is 142 Å². The average molecular weight is 331 g/mol. The van der Waals surface area contributed by atoms with E-state index in [-0.39, 0.29) is 0 Å². The fourth-order valence-electron chi connectivity index (χ4n) is 2.87. The van der Waals surface area contributed by atoms with Crippen molar-refractivity contribution in [2.45, 2.75) is 32.6 Å². The third-order valence-electron chi connectivity index (χ3n) is 4.34. The zero-order valence-corrected chi connectivity index (χ0v) is 15.0. The fourth-order valence-corrected chi connectivity index (χ4v) is 3.78. The first-order chi connectivity index (χ1) is 11.2. The molecule has 0 spiro atoms. The van der Waals surface area contributed by atoms with E-state index in [0.29, 0.717) is 0 Å². The van der Waals surface area contributed by atoms with Gasteiger partial charge in [-0.05, 0) is 26.1 Å². The molecule has 1 aliphatic heterocycles. The van der Waals surface area contributed by atoms with Crippen molar-refractivity contribution in [2.24, 2.45) is 0 Å². The molecule has 0 saturated heterocycles. The molecule has 0 fully saturated rings. The Bertz CT molecular complexity index is 650. The predicted octanol–water partition coefficient (Wildman–Crippen LogP) is 2.92. The van der Waals surface area contributed by atoms with E-state index in [0.717, 1.165) is 55.3 Å². The summed E-state index contributed by atoms with van der Waals surface area (Å²) in [5.41, 5.74) is 2.40. The van der Waals surface area contributed by atoms with Crippen LogP contribution < -0.4 is 0 Å². The number of hydrogen-bond donors (Lipinski definition) is 0. The molecule has 0 aliphatic carbocycles. The molecule has 1 aliphatic rings. The van der Waals surface area contributed by atoms with E-state index in [1.807, 2.05) is 0 Å². The van der Waals surface area contributed by atoms with Gasteiger partial charge in [0, 0.05) is 18.7 Å². The van der Waals surface area contributed by atoms with Gasteiger partial charge in [-0.25, -0.2) is 0 Å². The molecule has 3 rings (SSSR count). The summed E-state index contributed by atoms with van der Waals surface area (Å²) in [5.74, 6) is 1.97. The lowest BCUT2D eigenvalue weighted by atomic mass is 10.1. The second-order valence-electron chi connectivity index (χ2n) is 5.94. The van der Waals surface area contributed by atoms with E-state index >= 15 is 0 Å². The summed E-state index contributed by atoms with van der Waals surface area (Å²) in [6, 6.07) is 8.49. The van der Waals surface area contributed by atoms with Gasteiger partial charge in [0.1, 0.15) is 0 Å². The molecule has 1 aromatic heterocycles. The number of aromatic nitrogens is 3. The van der Waals surface area contributed by atoms with Crippen LogP contribution in [0.4, 0.5) is 0 Å². The van der Waals surface area contributed by atoms with Crippen molar-refractivity contribution in [2.75, 3.05) is 32.1 Å². The molecular formula is C17H25N5S. The Morgan fingerprint density at radius 2 is 2.04 bits per heavy atom. The van der Waals surface area contributed by atoms with Crippen LogP contribution in [0.25, 0.3) is 11.4 Å². The Hall–Kier alpha value is -1.37. The Morgan fingerprint density at radius 1 is 1.22 bits per heavy atom. The number of thioether (sulfide) groups is 1. The molecule has 0 unspecified atom stereocenters. The maximum absolute atomic E-state index is 4.43. The van der Waals surface area contributed by atoms with Gasteiger partial charge in [0.25, 0.3) is 0 Å². The second kappa shape index (κ2) is 7.47. The summed E-state index contributed by atoms with van der Waals surface area (Å²) in [4.78, 5) is 4.94. The number of hydrogen-bond acceptors (Lipinski definition) is 5. The summed E-state index contributed by atoms with van der Waals surface area (Å²) in [6.07, 6.45) is 0. The molecule has 0 amide bonds. The number of likely N-dealkylation sites (N-methyl/N-ethyl adjacent to an activating group) is 1. The highest BCUT2D eigenvalue weighted by atomic mass is 32.2. The van der Waals surface area contributed by atoms with Crippen molar-refractivity contribution in [3.63, 3.8) is 0 Å². The third kappa shape index (κ3) is 3.76. The summed E-state index contributed by atoms with van der Waals surface area (Å²) >= 11 is 1.78. The quantitative estimate of drug-likeness (QED) is 0.813. The predicted molar refractivity (Wildman–Crippen MR) is 95.4 cm³/mol. The van der Waals surface area contributed by atoms with Gasteiger partial charge in [0.2, 0.25) is 0 Å². The Balaban J connectivity index is 1.74. The molecule has 2 aromatic rings. The summed E-state index contributed by atoms with van der Waals surface area (Å²) in [6.45, 7) is 11.9. The molecule has 0 N–H and O–H groups in total. The van der Waals surface area contributed by atoms with Crippen LogP contribution in [0.5, 0.6) is 0 Å². The van der Waals surface area contributed by atoms with Crippen molar-refractivity contribution in [1.82, 2.24) is 24.6 Å². The van der Waals surface area contributed by atoms with E-state index < -0.39 is 0 Å². The van der Waals surface area contributed by atoms with Crippen molar-refractivity contribution in [1.29, 1.82) is 0 Å². The molecule has 0 saturated carbocycles. The van der Waals surface area contributed by atoms with Crippen molar-refractivity contribution < 1.29 is 0 Å². The first-order valence-electron chi connectivity index (χ1n) is 8.29. The van der Waals surface area contributed by atoms with Gasteiger partial charge in [-0.3, -0.25) is 9.47 Å². The molecule has 0 bridgehead atoms. The number of fused-ring (bicyclic) bond motifs is 1. The summed E-state index contributed by atoms with van der Waals surface area (Å²) in [7, 11) is 0. The molecule has 0 atom stereocenters. The van der Waals surface area contributed by atoms with Gasteiger partial charge in [-0.2, -0.15) is 0 Å². The molecule has 5 nitrogen and oxygen atoms in total. The lowest BCUT2D eigenvalue weighted by Gasteiger charge is -2.29. The van der Waals surface area contributed by atoms with Crippen molar-refractivity contribution in [3.05, 3.63) is 29.8 Å². The Kier molecular flexibility index (Phi) is 5.35. The van der Waals surface area contributed by atoms with Gasteiger partial charge >= 0.3 is 0 Å². The monoisotopic (exact) mass is 331 g/mol. The van der Waals surface area contributed by atoms with Crippen LogP contribution in [-0.4, -0.2) is 56.6 Å². The van der Waals surface area contributed by atoms with E-state index in [2.05, 4.69) is 69.6 Å². The van der Waals surface area contributed by atoms with Crippen LogP contribution in [0, 0.1) is 6.92 Å². The van der Waals surface area contributed by atoms with E-state index in [1.165, 1.54) is 5.56 Å². The Morgan fingerprint density at radius 3 is 2.78 bits per heavy atom.